The molecule has 0 aliphatic heterocycles. The zero-order valence-corrected chi connectivity index (χ0v) is 13.8. The number of methoxy groups -OCH3 is 1. The van der Waals surface area contributed by atoms with Crippen molar-refractivity contribution in [3.05, 3.63) is 48.3 Å². The molecule has 0 fully saturated rings. The number of carbonyl (C=O) groups is 1. The Morgan fingerprint density at radius 1 is 1.27 bits per heavy atom. The molecule has 1 amide bonds. The van der Waals surface area contributed by atoms with Crippen LogP contribution in [0.1, 0.15) is 0 Å². The van der Waals surface area contributed by atoms with Crippen LogP contribution in [0.4, 0.5) is 21.8 Å². The van der Waals surface area contributed by atoms with Crippen molar-refractivity contribution in [3.63, 3.8) is 0 Å². The molecule has 1 aromatic heterocycles. The number of amides is 1. The number of nitrogen functional groups attached to an aromatic ring is 1. The Morgan fingerprint density at radius 2 is 2.12 bits per heavy atom. The molecule has 0 saturated carbocycles. The molecule has 0 aliphatic rings. The average Bonchev–Trinajstić information content (AvgIpc) is 3.11. The van der Waals surface area contributed by atoms with Crippen LogP contribution < -0.4 is 21.1 Å². The summed E-state index contributed by atoms with van der Waals surface area (Å²) >= 11 is 0. The lowest BCUT2D eigenvalue weighted by atomic mass is 10.2. The number of benzene rings is 2. The summed E-state index contributed by atoms with van der Waals surface area (Å²) in [6.07, 6.45) is 0. The Kier molecular flexibility index (Phi) is 4.97. The van der Waals surface area contributed by atoms with E-state index in [4.69, 9.17) is 14.9 Å². The van der Waals surface area contributed by atoms with Crippen molar-refractivity contribution in [1.29, 1.82) is 0 Å². The molecule has 3 rings (SSSR count). The van der Waals surface area contributed by atoms with Gasteiger partial charge < -0.3 is 25.5 Å². The van der Waals surface area contributed by atoms with Crippen LogP contribution in [0, 0.1) is 5.82 Å². The van der Waals surface area contributed by atoms with Gasteiger partial charge in [0.2, 0.25) is 11.8 Å². The van der Waals surface area contributed by atoms with Crippen molar-refractivity contribution in [1.82, 2.24) is 10.2 Å². The van der Waals surface area contributed by atoms with Crippen LogP contribution in [-0.4, -0.2) is 29.8 Å². The summed E-state index contributed by atoms with van der Waals surface area (Å²) in [6.45, 7) is -0.0790. The van der Waals surface area contributed by atoms with E-state index in [0.29, 0.717) is 17.0 Å². The van der Waals surface area contributed by atoms with Crippen LogP contribution in [0.15, 0.2) is 46.9 Å². The van der Waals surface area contributed by atoms with Crippen molar-refractivity contribution in [2.45, 2.75) is 0 Å². The van der Waals surface area contributed by atoms with Gasteiger partial charge in [0.1, 0.15) is 11.6 Å². The molecule has 26 heavy (non-hydrogen) atoms. The number of halogens is 1. The monoisotopic (exact) mass is 357 g/mol. The number of ether oxygens (including phenoxy) is 1. The Hall–Kier alpha value is -3.62. The number of nitrogens with one attached hydrogen (secondary N) is 2. The average molecular weight is 357 g/mol. The van der Waals surface area contributed by atoms with Gasteiger partial charge in [0.05, 0.1) is 19.3 Å². The zero-order chi connectivity index (χ0) is 18.5. The third-order valence-corrected chi connectivity index (χ3v) is 3.42. The molecule has 8 nitrogen and oxygen atoms in total. The van der Waals surface area contributed by atoms with Crippen molar-refractivity contribution in [2.24, 2.45) is 0 Å². The first-order valence-corrected chi connectivity index (χ1v) is 7.62. The topological polar surface area (TPSA) is 115 Å². The van der Waals surface area contributed by atoms with Gasteiger partial charge in [0.25, 0.3) is 0 Å². The van der Waals surface area contributed by atoms with Gasteiger partial charge >= 0.3 is 6.01 Å². The predicted octanol–water partition coefficient (Wildman–Crippen LogP) is 2.52. The molecule has 3 aromatic rings. The highest BCUT2D eigenvalue weighted by molar-refractivity contribution is 5.93. The van der Waals surface area contributed by atoms with Gasteiger partial charge in [-0.3, -0.25) is 4.79 Å². The maximum absolute atomic E-state index is 13.2. The molecular weight excluding hydrogens is 341 g/mol. The second-order valence-corrected chi connectivity index (χ2v) is 5.28. The van der Waals surface area contributed by atoms with Gasteiger partial charge in [-0.2, -0.15) is 0 Å². The molecule has 134 valence electrons. The molecule has 2 aromatic carbocycles. The number of rotatable bonds is 6. The highest BCUT2D eigenvalue weighted by Gasteiger charge is 2.11. The molecule has 4 N–H and O–H groups in total. The molecule has 0 unspecified atom stereocenters. The summed E-state index contributed by atoms with van der Waals surface area (Å²) in [4.78, 5) is 12.0. The van der Waals surface area contributed by atoms with E-state index in [2.05, 4.69) is 20.8 Å². The Morgan fingerprint density at radius 3 is 2.88 bits per heavy atom. The molecule has 0 saturated heterocycles. The summed E-state index contributed by atoms with van der Waals surface area (Å²) < 4.78 is 23.7. The van der Waals surface area contributed by atoms with Gasteiger partial charge in [-0.05, 0) is 30.3 Å². The van der Waals surface area contributed by atoms with E-state index < -0.39 is 5.82 Å². The summed E-state index contributed by atoms with van der Waals surface area (Å²) in [5.41, 5.74) is 6.57. The van der Waals surface area contributed by atoms with E-state index in [0.717, 1.165) is 0 Å². The van der Waals surface area contributed by atoms with Crippen LogP contribution >= 0.6 is 0 Å². The number of hydrogen-bond donors (Lipinski definition) is 3. The van der Waals surface area contributed by atoms with Crippen LogP contribution in [0.5, 0.6) is 5.75 Å². The maximum atomic E-state index is 13.2. The van der Waals surface area contributed by atoms with Crippen molar-refractivity contribution in [3.8, 4) is 17.2 Å². The molecule has 0 aliphatic carbocycles. The van der Waals surface area contributed by atoms with Gasteiger partial charge in [-0.25, -0.2) is 4.39 Å². The van der Waals surface area contributed by atoms with Gasteiger partial charge in [0, 0.05) is 17.3 Å². The summed E-state index contributed by atoms with van der Waals surface area (Å²) in [5, 5.41) is 13.1. The lowest BCUT2D eigenvalue weighted by Gasteiger charge is -2.06. The molecule has 0 radical (unpaired) electrons. The highest BCUT2D eigenvalue weighted by atomic mass is 19.1. The summed E-state index contributed by atoms with van der Waals surface area (Å²) in [7, 11) is 1.55. The second-order valence-electron chi connectivity index (χ2n) is 5.28. The van der Waals surface area contributed by atoms with Crippen LogP contribution in [0.2, 0.25) is 0 Å². The van der Waals surface area contributed by atoms with Crippen molar-refractivity contribution in [2.75, 3.05) is 30.0 Å². The SMILES string of the molecule is COc1cccc(NC(=O)CNc2nnc(-c3ccc(F)c(N)c3)o2)c1. The van der Waals surface area contributed by atoms with E-state index >= 15 is 0 Å². The van der Waals surface area contributed by atoms with E-state index in [-0.39, 0.29) is 30.0 Å². The minimum Gasteiger partial charge on any atom is -0.497 e. The fourth-order valence-corrected chi connectivity index (χ4v) is 2.15. The van der Waals surface area contributed by atoms with Crippen LogP contribution in [0.3, 0.4) is 0 Å². The minimum absolute atomic E-state index is 0.0205. The van der Waals surface area contributed by atoms with E-state index in [1.807, 2.05) is 0 Å². The molecular formula is C17H16FN5O3. The summed E-state index contributed by atoms with van der Waals surface area (Å²) in [6, 6.07) is 11.1. The number of aromatic nitrogens is 2. The Balaban J connectivity index is 1.59. The lowest BCUT2D eigenvalue weighted by molar-refractivity contribution is -0.114. The van der Waals surface area contributed by atoms with Gasteiger partial charge in [-0.15, -0.1) is 5.10 Å². The Bertz CT molecular complexity index is 928. The largest absolute Gasteiger partial charge is 0.497 e. The molecule has 0 bridgehead atoms. The maximum Gasteiger partial charge on any atom is 0.316 e. The van der Waals surface area contributed by atoms with E-state index in [1.165, 1.54) is 18.2 Å². The number of nitrogens with zero attached hydrogens (tertiary/aromatic N) is 2. The standard InChI is InChI=1S/C17H16FN5O3/c1-25-12-4-2-3-11(8-12)21-15(24)9-20-17-23-22-16(26-17)10-5-6-13(18)14(19)7-10/h2-8H,9,19H2,1H3,(H,20,23)(H,21,24). The van der Waals surface area contributed by atoms with Gasteiger partial charge in [0.15, 0.2) is 0 Å². The zero-order valence-electron chi connectivity index (χ0n) is 13.8. The fraction of sp³-hybridized carbons (Fsp3) is 0.118. The first kappa shape index (κ1) is 17.2. The second kappa shape index (κ2) is 7.51. The Labute approximate surface area is 148 Å². The number of hydrogen-bond acceptors (Lipinski definition) is 7. The fourth-order valence-electron chi connectivity index (χ4n) is 2.15. The smallest absolute Gasteiger partial charge is 0.316 e. The first-order valence-electron chi connectivity index (χ1n) is 7.62. The number of nitrogens with two attached hydrogens (primary N) is 1. The minimum atomic E-state index is -0.527. The normalized spacial score (nSPS) is 10.4. The summed E-state index contributed by atoms with van der Waals surface area (Å²) in [5.74, 6) is -0.0341. The number of carbonyl (C=O) groups excluding carboxylic acids is 1. The molecule has 0 atom stereocenters. The van der Waals surface area contributed by atoms with Gasteiger partial charge in [-0.1, -0.05) is 11.2 Å². The predicted molar refractivity (Wildman–Crippen MR) is 94.2 cm³/mol. The van der Waals surface area contributed by atoms with Crippen molar-refractivity contribution < 1.29 is 18.3 Å². The first-order chi connectivity index (χ1) is 12.5. The number of anilines is 3. The van der Waals surface area contributed by atoms with Crippen LogP contribution in [0.25, 0.3) is 11.5 Å². The van der Waals surface area contributed by atoms with E-state index in [1.54, 1.807) is 31.4 Å². The van der Waals surface area contributed by atoms with E-state index in [9.17, 15) is 9.18 Å². The molecule has 9 heteroatoms. The third kappa shape index (κ3) is 4.07. The highest BCUT2D eigenvalue weighted by Crippen LogP contribution is 2.23. The lowest BCUT2D eigenvalue weighted by Crippen LogP contribution is -2.21. The van der Waals surface area contributed by atoms with Crippen molar-refractivity contribution >= 4 is 23.3 Å². The molecule has 1 heterocycles. The third-order valence-electron chi connectivity index (χ3n) is 3.42. The molecule has 0 spiro atoms. The quantitative estimate of drug-likeness (QED) is 0.581. The van der Waals surface area contributed by atoms with Crippen LogP contribution in [-0.2, 0) is 4.79 Å².